The lowest BCUT2D eigenvalue weighted by Gasteiger charge is -2.07. The van der Waals surface area contributed by atoms with Gasteiger partial charge in [0.25, 0.3) is 0 Å². The zero-order valence-electron chi connectivity index (χ0n) is 14.1. The van der Waals surface area contributed by atoms with E-state index in [2.05, 4.69) is 10.8 Å². The van der Waals surface area contributed by atoms with Crippen LogP contribution in [0.1, 0.15) is 22.5 Å². The highest BCUT2D eigenvalue weighted by Gasteiger charge is 2.16. The molecule has 0 aliphatic carbocycles. The van der Waals surface area contributed by atoms with Gasteiger partial charge in [-0.2, -0.15) is 5.10 Å². The van der Waals surface area contributed by atoms with Crippen molar-refractivity contribution < 1.29 is 18.5 Å². The van der Waals surface area contributed by atoms with Gasteiger partial charge in [0.2, 0.25) is 10.0 Å². The highest BCUT2D eigenvalue weighted by molar-refractivity contribution is 7.89. The van der Waals surface area contributed by atoms with E-state index in [0.717, 1.165) is 22.5 Å². The van der Waals surface area contributed by atoms with Gasteiger partial charge in [0, 0.05) is 23.8 Å². The number of allylic oxidation sites excluding steroid dienone is 1. The van der Waals surface area contributed by atoms with Gasteiger partial charge >= 0.3 is 0 Å². The van der Waals surface area contributed by atoms with Gasteiger partial charge in [-0.1, -0.05) is 17.7 Å². The normalized spacial score (nSPS) is 12.6. The van der Waals surface area contributed by atoms with Crippen molar-refractivity contribution in [3.05, 3.63) is 57.6 Å². The Morgan fingerprint density at radius 2 is 2.12 bits per heavy atom. The van der Waals surface area contributed by atoms with Gasteiger partial charge in [-0.3, -0.25) is 4.68 Å². The first-order valence-electron chi connectivity index (χ1n) is 7.61. The number of primary sulfonamides is 1. The lowest BCUT2D eigenvalue weighted by Crippen LogP contribution is -2.49. The third kappa shape index (κ3) is 4.66. The van der Waals surface area contributed by atoms with E-state index in [1.165, 1.54) is 12.1 Å². The summed E-state index contributed by atoms with van der Waals surface area (Å²) < 4.78 is 38.2. The van der Waals surface area contributed by atoms with Crippen LogP contribution in [0, 0.1) is 13.8 Å². The maximum absolute atomic E-state index is 13.7. The van der Waals surface area contributed by atoms with Crippen molar-refractivity contribution in [1.29, 1.82) is 0 Å². The van der Waals surface area contributed by atoms with Crippen LogP contribution in [0.4, 0.5) is 4.39 Å². The van der Waals surface area contributed by atoms with Crippen LogP contribution in [0.5, 0.6) is 0 Å². The molecule has 0 atom stereocenters. The van der Waals surface area contributed by atoms with Gasteiger partial charge in [-0.05, 0) is 31.5 Å². The molecular formula is C16H21ClFN4O2S+. The smallest absolute Gasteiger partial charge is 0.239 e. The Hall–Kier alpha value is -1.74. The highest BCUT2D eigenvalue weighted by Crippen LogP contribution is 2.25. The molecule has 0 saturated heterocycles. The SMILES string of the molecule is Cc1nn(CC(F)=CC[NH3+])c(C)c1Cc1ccc(S(N)(=O)=O)c(Cl)c1. The van der Waals surface area contributed by atoms with E-state index in [-0.39, 0.29) is 22.3 Å². The molecule has 9 heteroatoms. The minimum absolute atomic E-state index is 0.0628. The Bertz CT molecular complexity index is 922. The number of nitrogens with zero attached hydrogens (tertiary/aromatic N) is 2. The molecule has 1 aromatic heterocycles. The largest absolute Gasteiger partial charge is 0.354 e. The molecule has 0 aliphatic heterocycles. The molecule has 0 aliphatic rings. The van der Waals surface area contributed by atoms with Gasteiger partial charge in [0.15, 0.2) is 0 Å². The quantitative estimate of drug-likeness (QED) is 0.784. The highest BCUT2D eigenvalue weighted by atomic mass is 35.5. The van der Waals surface area contributed by atoms with E-state index in [4.69, 9.17) is 16.7 Å². The average Bonchev–Trinajstić information content (AvgIpc) is 2.74. The first kappa shape index (κ1) is 19.6. The van der Waals surface area contributed by atoms with Gasteiger partial charge < -0.3 is 5.73 Å². The number of halogens is 2. The van der Waals surface area contributed by atoms with E-state index in [1.807, 2.05) is 13.8 Å². The second kappa shape index (κ2) is 7.65. The number of sulfonamides is 1. The number of quaternary nitrogens is 1. The van der Waals surface area contributed by atoms with Crippen molar-refractivity contribution in [3.63, 3.8) is 0 Å². The number of benzene rings is 1. The van der Waals surface area contributed by atoms with E-state index in [0.29, 0.717) is 13.0 Å². The molecule has 0 radical (unpaired) electrons. The van der Waals surface area contributed by atoms with Crippen LogP contribution in [-0.4, -0.2) is 24.7 Å². The van der Waals surface area contributed by atoms with Crippen LogP contribution in [0.3, 0.4) is 0 Å². The van der Waals surface area contributed by atoms with Crippen molar-refractivity contribution in [2.45, 2.75) is 31.7 Å². The van der Waals surface area contributed by atoms with Gasteiger partial charge in [-0.15, -0.1) is 0 Å². The predicted octanol–water partition coefficient (Wildman–Crippen LogP) is 1.49. The Balaban J connectivity index is 2.31. The van der Waals surface area contributed by atoms with Crippen LogP contribution in [0.25, 0.3) is 0 Å². The second-order valence-corrected chi connectivity index (χ2v) is 7.67. The van der Waals surface area contributed by atoms with Crippen molar-refractivity contribution in [2.24, 2.45) is 5.14 Å². The first-order valence-corrected chi connectivity index (χ1v) is 9.53. The molecule has 1 heterocycles. The maximum Gasteiger partial charge on any atom is 0.239 e. The van der Waals surface area contributed by atoms with Gasteiger partial charge in [0.1, 0.15) is 10.7 Å². The van der Waals surface area contributed by atoms with Crippen LogP contribution in [0.2, 0.25) is 5.02 Å². The zero-order chi connectivity index (χ0) is 18.8. The number of rotatable bonds is 6. The molecule has 0 saturated carbocycles. The lowest BCUT2D eigenvalue weighted by molar-refractivity contribution is -0.353. The predicted molar refractivity (Wildman–Crippen MR) is 94.3 cm³/mol. The monoisotopic (exact) mass is 387 g/mol. The van der Waals surface area contributed by atoms with E-state index >= 15 is 0 Å². The Labute approximate surface area is 151 Å². The summed E-state index contributed by atoms with van der Waals surface area (Å²) in [5, 5.41) is 9.56. The summed E-state index contributed by atoms with van der Waals surface area (Å²) in [6.45, 7) is 4.16. The molecule has 0 unspecified atom stereocenters. The molecule has 2 aromatic rings. The maximum atomic E-state index is 13.7. The topological polar surface area (TPSA) is 106 Å². The summed E-state index contributed by atoms with van der Waals surface area (Å²) in [7, 11) is -3.86. The number of aryl methyl sites for hydroxylation is 1. The number of hydrogen-bond acceptors (Lipinski definition) is 3. The summed E-state index contributed by atoms with van der Waals surface area (Å²) >= 11 is 6.03. The molecule has 1 aromatic carbocycles. The van der Waals surface area contributed by atoms with Crippen LogP contribution in [-0.2, 0) is 23.0 Å². The fraction of sp³-hybridized carbons (Fsp3) is 0.312. The average molecular weight is 388 g/mol. The summed E-state index contributed by atoms with van der Waals surface area (Å²) in [6.07, 6.45) is 1.92. The van der Waals surface area contributed by atoms with Crippen LogP contribution < -0.4 is 10.9 Å². The fourth-order valence-electron chi connectivity index (χ4n) is 2.60. The molecule has 0 amide bonds. The Kier molecular flexibility index (Phi) is 5.99. The Morgan fingerprint density at radius 1 is 1.44 bits per heavy atom. The summed E-state index contributed by atoms with van der Waals surface area (Å²) in [5.41, 5.74) is 6.98. The molecular weight excluding hydrogens is 367 g/mol. The third-order valence-electron chi connectivity index (χ3n) is 3.88. The molecule has 2 rings (SSSR count). The summed E-state index contributed by atoms with van der Waals surface area (Å²) in [6, 6.07) is 4.62. The fourth-order valence-corrected chi connectivity index (χ4v) is 3.71. The molecule has 0 bridgehead atoms. The van der Waals surface area contributed by atoms with Crippen LogP contribution in [0.15, 0.2) is 35.0 Å². The summed E-state index contributed by atoms with van der Waals surface area (Å²) in [4.78, 5) is -0.109. The van der Waals surface area contributed by atoms with Crippen molar-refractivity contribution >= 4 is 21.6 Å². The van der Waals surface area contributed by atoms with E-state index in [9.17, 15) is 12.8 Å². The molecule has 0 spiro atoms. The molecule has 6 nitrogen and oxygen atoms in total. The van der Waals surface area contributed by atoms with E-state index < -0.39 is 10.0 Å². The van der Waals surface area contributed by atoms with Crippen molar-refractivity contribution in [1.82, 2.24) is 9.78 Å². The first-order chi connectivity index (χ1) is 11.6. The molecule has 136 valence electrons. The van der Waals surface area contributed by atoms with E-state index in [1.54, 1.807) is 16.8 Å². The number of hydrogen-bond donors (Lipinski definition) is 2. The molecule has 5 N–H and O–H groups in total. The molecule has 25 heavy (non-hydrogen) atoms. The number of aromatic nitrogens is 2. The zero-order valence-corrected chi connectivity index (χ0v) is 15.7. The lowest BCUT2D eigenvalue weighted by atomic mass is 10.0. The van der Waals surface area contributed by atoms with Crippen molar-refractivity contribution in [2.75, 3.05) is 6.54 Å². The standard InChI is InChI=1S/C16H20ClFN4O2S/c1-10-14(11(2)22(21-10)9-13(18)5-6-19)7-12-3-4-16(15(17)8-12)25(20,23)24/h3-5,8H,6-7,9,19H2,1-2H3,(H2,20,23,24)/p+1. The van der Waals surface area contributed by atoms with Crippen LogP contribution >= 0.6 is 11.6 Å². The minimum Gasteiger partial charge on any atom is -0.354 e. The van der Waals surface area contributed by atoms with Gasteiger partial charge in [-0.25, -0.2) is 17.9 Å². The van der Waals surface area contributed by atoms with Crippen molar-refractivity contribution in [3.8, 4) is 0 Å². The molecule has 0 fully saturated rings. The Morgan fingerprint density at radius 3 is 2.68 bits per heavy atom. The van der Waals surface area contributed by atoms with Gasteiger partial charge in [0.05, 0.1) is 23.8 Å². The third-order valence-corrected chi connectivity index (χ3v) is 5.28. The second-order valence-electron chi connectivity index (χ2n) is 5.73. The number of nitrogens with two attached hydrogens (primary N) is 1. The summed E-state index contributed by atoms with van der Waals surface area (Å²) in [5.74, 6) is -0.285. The minimum atomic E-state index is -3.86.